The molecule has 0 aromatic heterocycles. The van der Waals surface area contributed by atoms with Crippen molar-refractivity contribution in [3.8, 4) is 0 Å². The molecule has 1 amide bonds. The van der Waals surface area contributed by atoms with E-state index in [2.05, 4.69) is 17.4 Å². The Kier molecular flexibility index (Phi) is 4.88. The molecule has 4 nitrogen and oxygen atoms in total. The Morgan fingerprint density at radius 1 is 1.19 bits per heavy atom. The summed E-state index contributed by atoms with van der Waals surface area (Å²) in [6.07, 6.45) is 4.40. The number of piperidine rings is 1. The SMILES string of the molecule is O=C(COC1CCNCC1)N1CCCC1c1ccccc1. The van der Waals surface area contributed by atoms with Gasteiger partial charge in [0.25, 0.3) is 0 Å². The highest BCUT2D eigenvalue weighted by atomic mass is 16.5. The monoisotopic (exact) mass is 288 g/mol. The molecule has 1 atom stereocenters. The predicted molar refractivity (Wildman–Crippen MR) is 82.0 cm³/mol. The van der Waals surface area contributed by atoms with Crippen molar-refractivity contribution in [1.82, 2.24) is 10.2 Å². The van der Waals surface area contributed by atoms with E-state index in [-0.39, 0.29) is 24.7 Å². The van der Waals surface area contributed by atoms with Crippen LogP contribution in [0.1, 0.15) is 37.3 Å². The Hall–Kier alpha value is -1.39. The first-order valence-electron chi connectivity index (χ1n) is 8.01. The molecule has 1 aromatic rings. The number of nitrogens with one attached hydrogen (secondary N) is 1. The predicted octanol–water partition coefficient (Wildman–Crippen LogP) is 2.12. The lowest BCUT2D eigenvalue weighted by molar-refractivity contribution is -0.139. The Morgan fingerprint density at radius 3 is 2.71 bits per heavy atom. The van der Waals surface area contributed by atoms with Crippen molar-refractivity contribution in [1.29, 1.82) is 0 Å². The van der Waals surface area contributed by atoms with Gasteiger partial charge in [0.15, 0.2) is 0 Å². The summed E-state index contributed by atoms with van der Waals surface area (Å²) in [6, 6.07) is 10.6. The van der Waals surface area contributed by atoms with Crippen molar-refractivity contribution in [3.63, 3.8) is 0 Å². The van der Waals surface area contributed by atoms with E-state index in [9.17, 15) is 4.79 Å². The van der Waals surface area contributed by atoms with Gasteiger partial charge in [0, 0.05) is 6.54 Å². The second-order valence-electron chi connectivity index (χ2n) is 5.92. The van der Waals surface area contributed by atoms with Crippen LogP contribution in [0.15, 0.2) is 30.3 Å². The van der Waals surface area contributed by atoms with Gasteiger partial charge >= 0.3 is 0 Å². The number of ether oxygens (including phenoxy) is 1. The third kappa shape index (κ3) is 3.63. The average molecular weight is 288 g/mol. The summed E-state index contributed by atoms with van der Waals surface area (Å²) < 4.78 is 5.81. The number of amides is 1. The van der Waals surface area contributed by atoms with Gasteiger partial charge in [-0.05, 0) is 44.3 Å². The lowest BCUT2D eigenvalue weighted by atomic mass is 10.0. The molecule has 2 aliphatic heterocycles. The zero-order valence-corrected chi connectivity index (χ0v) is 12.5. The van der Waals surface area contributed by atoms with Gasteiger partial charge in [0.1, 0.15) is 6.61 Å². The molecule has 1 aromatic carbocycles. The molecule has 114 valence electrons. The largest absolute Gasteiger partial charge is 0.368 e. The van der Waals surface area contributed by atoms with Crippen molar-refractivity contribution in [3.05, 3.63) is 35.9 Å². The topological polar surface area (TPSA) is 41.6 Å². The Balaban J connectivity index is 1.55. The van der Waals surface area contributed by atoms with Crippen LogP contribution in [-0.2, 0) is 9.53 Å². The maximum absolute atomic E-state index is 12.5. The first-order valence-corrected chi connectivity index (χ1v) is 8.01. The van der Waals surface area contributed by atoms with Crippen molar-refractivity contribution in [2.45, 2.75) is 37.8 Å². The van der Waals surface area contributed by atoms with Gasteiger partial charge in [-0.15, -0.1) is 0 Å². The number of carbonyl (C=O) groups is 1. The van der Waals surface area contributed by atoms with E-state index >= 15 is 0 Å². The number of rotatable bonds is 4. The summed E-state index contributed by atoms with van der Waals surface area (Å²) >= 11 is 0. The van der Waals surface area contributed by atoms with Crippen molar-refractivity contribution in [2.75, 3.05) is 26.2 Å². The highest BCUT2D eigenvalue weighted by Gasteiger charge is 2.30. The second kappa shape index (κ2) is 7.05. The molecule has 1 unspecified atom stereocenters. The van der Waals surface area contributed by atoms with Gasteiger partial charge in [0.05, 0.1) is 12.1 Å². The maximum atomic E-state index is 12.5. The van der Waals surface area contributed by atoms with Crippen molar-refractivity contribution >= 4 is 5.91 Å². The molecule has 2 saturated heterocycles. The summed E-state index contributed by atoms with van der Waals surface area (Å²) in [5.74, 6) is 0.139. The summed E-state index contributed by atoms with van der Waals surface area (Å²) in [7, 11) is 0. The van der Waals surface area contributed by atoms with Gasteiger partial charge in [-0.3, -0.25) is 4.79 Å². The maximum Gasteiger partial charge on any atom is 0.249 e. The molecular weight excluding hydrogens is 264 g/mol. The lowest BCUT2D eigenvalue weighted by Gasteiger charge is -2.27. The highest BCUT2D eigenvalue weighted by molar-refractivity contribution is 5.78. The Bertz CT molecular complexity index is 457. The fourth-order valence-corrected chi connectivity index (χ4v) is 3.32. The van der Waals surface area contributed by atoms with E-state index in [1.165, 1.54) is 5.56 Å². The van der Waals surface area contributed by atoms with E-state index in [4.69, 9.17) is 4.74 Å². The first kappa shape index (κ1) is 14.5. The molecule has 2 heterocycles. The van der Waals surface area contributed by atoms with E-state index in [0.717, 1.165) is 45.3 Å². The summed E-state index contributed by atoms with van der Waals surface area (Å²) in [6.45, 7) is 3.08. The molecule has 2 aliphatic rings. The normalized spacial score (nSPS) is 23.4. The van der Waals surface area contributed by atoms with Crippen LogP contribution in [0.3, 0.4) is 0 Å². The van der Waals surface area contributed by atoms with Crippen LogP contribution in [0.2, 0.25) is 0 Å². The number of carbonyl (C=O) groups excluding carboxylic acids is 1. The van der Waals surface area contributed by atoms with Crippen molar-refractivity contribution < 1.29 is 9.53 Å². The van der Waals surface area contributed by atoms with Crippen LogP contribution in [0.25, 0.3) is 0 Å². The number of nitrogens with zero attached hydrogens (tertiary/aromatic N) is 1. The number of benzene rings is 1. The molecule has 0 radical (unpaired) electrons. The smallest absolute Gasteiger partial charge is 0.249 e. The lowest BCUT2D eigenvalue weighted by Crippen LogP contribution is -2.37. The molecule has 0 bridgehead atoms. The van der Waals surface area contributed by atoms with E-state index in [0.29, 0.717) is 0 Å². The highest BCUT2D eigenvalue weighted by Crippen LogP contribution is 2.31. The first-order chi connectivity index (χ1) is 10.3. The average Bonchev–Trinajstić information content (AvgIpc) is 3.04. The van der Waals surface area contributed by atoms with Crippen LogP contribution < -0.4 is 5.32 Å². The Labute approximate surface area is 126 Å². The van der Waals surface area contributed by atoms with Gasteiger partial charge < -0.3 is 15.0 Å². The molecule has 0 spiro atoms. The van der Waals surface area contributed by atoms with Crippen LogP contribution >= 0.6 is 0 Å². The minimum absolute atomic E-state index is 0.139. The third-order valence-corrected chi connectivity index (χ3v) is 4.49. The number of hydrogen-bond donors (Lipinski definition) is 1. The van der Waals surface area contributed by atoms with Crippen molar-refractivity contribution in [2.24, 2.45) is 0 Å². The van der Waals surface area contributed by atoms with Gasteiger partial charge in [-0.25, -0.2) is 0 Å². The summed E-state index contributed by atoms with van der Waals surface area (Å²) in [5.41, 5.74) is 1.24. The van der Waals surface area contributed by atoms with E-state index < -0.39 is 0 Å². The fraction of sp³-hybridized carbons (Fsp3) is 0.588. The zero-order valence-electron chi connectivity index (χ0n) is 12.5. The number of hydrogen-bond acceptors (Lipinski definition) is 3. The standard InChI is InChI=1S/C17H24N2O2/c20-17(13-21-15-8-10-18-11-9-15)19-12-4-7-16(19)14-5-2-1-3-6-14/h1-3,5-6,15-16,18H,4,7-13H2. The second-order valence-corrected chi connectivity index (χ2v) is 5.92. The zero-order chi connectivity index (χ0) is 14.5. The minimum atomic E-state index is 0.139. The molecule has 21 heavy (non-hydrogen) atoms. The summed E-state index contributed by atoms with van der Waals surface area (Å²) in [4.78, 5) is 14.5. The van der Waals surface area contributed by atoms with Gasteiger partial charge in [-0.2, -0.15) is 0 Å². The molecule has 4 heteroatoms. The molecule has 0 aliphatic carbocycles. The third-order valence-electron chi connectivity index (χ3n) is 4.49. The van der Waals surface area contributed by atoms with Crippen LogP contribution in [0.5, 0.6) is 0 Å². The van der Waals surface area contributed by atoms with Gasteiger partial charge in [-0.1, -0.05) is 30.3 Å². The molecule has 1 N–H and O–H groups in total. The van der Waals surface area contributed by atoms with Crippen LogP contribution in [0, 0.1) is 0 Å². The fourth-order valence-electron chi connectivity index (χ4n) is 3.32. The van der Waals surface area contributed by atoms with E-state index in [1.807, 2.05) is 23.1 Å². The van der Waals surface area contributed by atoms with E-state index in [1.54, 1.807) is 0 Å². The molecule has 3 rings (SSSR count). The minimum Gasteiger partial charge on any atom is -0.368 e. The molecule has 0 saturated carbocycles. The number of likely N-dealkylation sites (tertiary alicyclic amines) is 1. The summed E-state index contributed by atoms with van der Waals surface area (Å²) in [5, 5.41) is 3.31. The van der Waals surface area contributed by atoms with Crippen LogP contribution in [0.4, 0.5) is 0 Å². The van der Waals surface area contributed by atoms with Gasteiger partial charge in [0.2, 0.25) is 5.91 Å². The Morgan fingerprint density at radius 2 is 1.95 bits per heavy atom. The quantitative estimate of drug-likeness (QED) is 0.922. The molecule has 2 fully saturated rings. The molecular formula is C17H24N2O2. The van der Waals surface area contributed by atoms with Crippen LogP contribution in [-0.4, -0.2) is 43.2 Å².